The largest absolute Gasteiger partial charge is 0.326 e. The van der Waals surface area contributed by atoms with Crippen molar-refractivity contribution in [3.63, 3.8) is 0 Å². The molecule has 0 N–H and O–H groups in total. The summed E-state index contributed by atoms with van der Waals surface area (Å²) >= 11 is 0. The maximum absolute atomic E-state index is 5.43. The van der Waals surface area contributed by atoms with E-state index in [1.807, 2.05) is 0 Å². The normalized spacial score (nSPS) is 57.6. The fraction of sp³-hybridized carbons (Fsp3) is 1.00. The topological polar surface area (TPSA) is 27.7 Å². The molecule has 3 heteroatoms. The van der Waals surface area contributed by atoms with E-state index in [2.05, 4.69) is 0 Å². The Morgan fingerprint density at radius 3 is 2.80 bits per heavy atom. The van der Waals surface area contributed by atoms with Crippen LogP contribution in [-0.2, 0) is 14.2 Å². The monoisotopic (exact) mass is 142 g/mol. The Hall–Kier alpha value is -0.120. The second-order valence-corrected chi connectivity index (χ2v) is 3.21. The zero-order chi connectivity index (χ0) is 6.55. The van der Waals surface area contributed by atoms with Crippen molar-refractivity contribution in [2.24, 2.45) is 0 Å². The standard InChI is InChI=1S/C7H10O3/c1-2-5-6-3-4(1)8-7(9-5)10-6/h4-7H,1-3H2. The summed E-state index contributed by atoms with van der Waals surface area (Å²) in [6.07, 6.45) is 4.41. The van der Waals surface area contributed by atoms with Crippen LogP contribution in [0.5, 0.6) is 0 Å². The fourth-order valence-electron chi connectivity index (χ4n) is 2.03. The first kappa shape index (κ1) is 5.52. The van der Waals surface area contributed by atoms with Crippen molar-refractivity contribution in [2.75, 3.05) is 0 Å². The van der Waals surface area contributed by atoms with Crippen LogP contribution in [0.1, 0.15) is 19.3 Å². The van der Waals surface area contributed by atoms with Gasteiger partial charge in [-0.15, -0.1) is 0 Å². The second-order valence-electron chi connectivity index (χ2n) is 3.21. The molecule has 0 radical (unpaired) electrons. The Kier molecular flexibility index (Phi) is 0.952. The summed E-state index contributed by atoms with van der Waals surface area (Å²) in [6.45, 7) is -0.323. The minimum atomic E-state index is -0.323. The number of fused-ring (bicyclic) bond motifs is 2. The molecular formula is C7H10O3. The Bertz CT molecular complexity index is 149. The number of hydrogen-bond donors (Lipinski definition) is 0. The van der Waals surface area contributed by atoms with E-state index in [0.717, 1.165) is 19.3 Å². The van der Waals surface area contributed by atoms with Crippen LogP contribution in [0.3, 0.4) is 0 Å². The molecule has 1 aliphatic carbocycles. The minimum absolute atomic E-state index is 0.323. The molecule has 0 spiro atoms. The van der Waals surface area contributed by atoms with E-state index in [0.29, 0.717) is 18.3 Å². The van der Waals surface area contributed by atoms with Crippen LogP contribution in [-0.4, -0.2) is 24.8 Å². The molecule has 2 heterocycles. The van der Waals surface area contributed by atoms with E-state index >= 15 is 0 Å². The third kappa shape index (κ3) is 0.603. The summed E-state index contributed by atoms with van der Waals surface area (Å²) in [6, 6.07) is 0. The van der Waals surface area contributed by atoms with Crippen molar-refractivity contribution in [1.82, 2.24) is 0 Å². The predicted octanol–water partition coefficient (Wildman–Crippen LogP) is 0.637. The van der Waals surface area contributed by atoms with Crippen LogP contribution in [0, 0.1) is 0 Å². The quantitative estimate of drug-likeness (QED) is 0.496. The van der Waals surface area contributed by atoms with Crippen LogP contribution in [0.15, 0.2) is 0 Å². The van der Waals surface area contributed by atoms with Crippen molar-refractivity contribution in [1.29, 1.82) is 0 Å². The van der Waals surface area contributed by atoms with Crippen molar-refractivity contribution < 1.29 is 14.2 Å². The molecule has 2 aliphatic heterocycles. The first-order valence-corrected chi connectivity index (χ1v) is 3.88. The van der Waals surface area contributed by atoms with Gasteiger partial charge in [-0.25, -0.2) is 0 Å². The van der Waals surface area contributed by atoms with Gasteiger partial charge in [0.1, 0.15) is 0 Å². The van der Waals surface area contributed by atoms with Gasteiger partial charge in [0.2, 0.25) is 0 Å². The summed E-state index contributed by atoms with van der Waals surface area (Å²) in [5, 5.41) is 0. The lowest BCUT2D eigenvalue weighted by Crippen LogP contribution is -2.37. The molecule has 3 fully saturated rings. The maximum atomic E-state index is 5.43. The van der Waals surface area contributed by atoms with Gasteiger partial charge in [-0.1, -0.05) is 0 Å². The zero-order valence-electron chi connectivity index (χ0n) is 5.66. The van der Waals surface area contributed by atoms with Gasteiger partial charge in [0.15, 0.2) is 0 Å². The minimum Gasteiger partial charge on any atom is -0.326 e. The molecule has 2 saturated heterocycles. The molecule has 0 amide bonds. The number of rotatable bonds is 0. The van der Waals surface area contributed by atoms with Gasteiger partial charge in [-0.2, -0.15) is 0 Å². The fourth-order valence-corrected chi connectivity index (χ4v) is 2.03. The molecule has 1 saturated carbocycles. The highest BCUT2D eigenvalue weighted by Gasteiger charge is 2.47. The SMILES string of the molecule is C1CC2OC3OC1CC2O3. The second kappa shape index (κ2) is 1.72. The molecule has 0 aromatic rings. The number of hydrogen-bond acceptors (Lipinski definition) is 3. The molecule has 3 aliphatic rings. The average molecular weight is 142 g/mol. The molecular weight excluding hydrogens is 132 g/mol. The van der Waals surface area contributed by atoms with Gasteiger partial charge in [0.25, 0.3) is 6.48 Å². The summed E-state index contributed by atoms with van der Waals surface area (Å²) in [4.78, 5) is 0. The average Bonchev–Trinajstić information content (AvgIpc) is 2.11. The van der Waals surface area contributed by atoms with Gasteiger partial charge in [-0.05, 0) is 12.8 Å². The Morgan fingerprint density at radius 2 is 1.80 bits per heavy atom. The van der Waals surface area contributed by atoms with E-state index in [1.54, 1.807) is 0 Å². The Labute approximate surface area is 59.3 Å². The summed E-state index contributed by atoms with van der Waals surface area (Å²) in [5.41, 5.74) is 0. The molecule has 3 bridgehead atoms. The Balaban J connectivity index is 1.94. The van der Waals surface area contributed by atoms with Crippen LogP contribution in [0.2, 0.25) is 0 Å². The van der Waals surface area contributed by atoms with E-state index in [4.69, 9.17) is 14.2 Å². The van der Waals surface area contributed by atoms with E-state index in [-0.39, 0.29) is 6.48 Å². The van der Waals surface area contributed by atoms with Crippen molar-refractivity contribution in [3.8, 4) is 0 Å². The molecule has 3 nitrogen and oxygen atoms in total. The highest BCUT2D eigenvalue weighted by molar-refractivity contribution is 4.88. The van der Waals surface area contributed by atoms with Gasteiger partial charge in [0, 0.05) is 6.42 Å². The van der Waals surface area contributed by atoms with Gasteiger partial charge in [-0.3, -0.25) is 0 Å². The molecule has 3 rings (SSSR count). The third-order valence-electron chi connectivity index (χ3n) is 2.56. The smallest absolute Gasteiger partial charge is 0.272 e. The van der Waals surface area contributed by atoms with Crippen LogP contribution < -0.4 is 0 Å². The summed E-state index contributed by atoms with van der Waals surface area (Å²) in [5.74, 6) is 0. The highest BCUT2D eigenvalue weighted by Crippen LogP contribution is 2.39. The molecule has 10 heavy (non-hydrogen) atoms. The van der Waals surface area contributed by atoms with E-state index < -0.39 is 0 Å². The lowest BCUT2D eigenvalue weighted by atomic mass is 9.92. The van der Waals surface area contributed by atoms with Crippen molar-refractivity contribution >= 4 is 0 Å². The van der Waals surface area contributed by atoms with Gasteiger partial charge in [0.05, 0.1) is 18.3 Å². The highest BCUT2D eigenvalue weighted by atomic mass is 16.9. The van der Waals surface area contributed by atoms with E-state index in [1.165, 1.54) is 0 Å². The van der Waals surface area contributed by atoms with Gasteiger partial charge < -0.3 is 14.2 Å². The van der Waals surface area contributed by atoms with E-state index in [9.17, 15) is 0 Å². The molecule has 4 atom stereocenters. The van der Waals surface area contributed by atoms with Crippen LogP contribution in [0.4, 0.5) is 0 Å². The number of ether oxygens (including phenoxy) is 3. The Morgan fingerprint density at radius 1 is 0.900 bits per heavy atom. The molecule has 56 valence electrons. The first-order valence-electron chi connectivity index (χ1n) is 3.88. The predicted molar refractivity (Wildman–Crippen MR) is 32.3 cm³/mol. The maximum Gasteiger partial charge on any atom is 0.272 e. The molecule has 0 aromatic heterocycles. The van der Waals surface area contributed by atoms with Crippen molar-refractivity contribution in [3.05, 3.63) is 0 Å². The van der Waals surface area contributed by atoms with Crippen LogP contribution in [0.25, 0.3) is 0 Å². The molecule has 4 unspecified atom stereocenters. The molecule has 0 aromatic carbocycles. The van der Waals surface area contributed by atoms with Gasteiger partial charge >= 0.3 is 0 Å². The lowest BCUT2D eigenvalue weighted by molar-refractivity contribution is -0.281. The zero-order valence-corrected chi connectivity index (χ0v) is 5.66. The van der Waals surface area contributed by atoms with Crippen molar-refractivity contribution in [2.45, 2.75) is 44.1 Å². The summed E-state index contributed by atoms with van der Waals surface area (Å²) < 4.78 is 16.2. The summed E-state index contributed by atoms with van der Waals surface area (Å²) in [7, 11) is 0. The van der Waals surface area contributed by atoms with Crippen LogP contribution >= 0.6 is 0 Å². The first-order chi connectivity index (χ1) is 4.92. The lowest BCUT2D eigenvalue weighted by Gasteiger charge is -2.30. The third-order valence-corrected chi connectivity index (χ3v) is 2.56.